The number of H-pyrrole nitrogens is 2. The van der Waals surface area contributed by atoms with Crippen LogP contribution < -0.4 is 0 Å². The maximum absolute atomic E-state index is 13.7. The number of imidazole rings is 1. The van der Waals surface area contributed by atoms with Gasteiger partial charge in [-0.3, -0.25) is 20.0 Å². The third-order valence-electron chi connectivity index (χ3n) is 6.61. The third-order valence-corrected chi connectivity index (χ3v) is 7.52. The van der Waals surface area contributed by atoms with E-state index in [-0.39, 0.29) is 18.1 Å². The first-order valence-corrected chi connectivity index (χ1v) is 12.7. The van der Waals surface area contributed by atoms with Crippen LogP contribution in [0.2, 0.25) is 0 Å². The van der Waals surface area contributed by atoms with Gasteiger partial charge in [-0.15, -0.1) is 11.3 Å². The van der Waals surface area contributed by atoms with Crippen LogP contribution in [0.4, 0.5) is 13.2 Å². The van der Waals surface area contributed by atoms with E-state index in [4.69, 9.17) is 9.97 Å². The molecule has 7 heterocycles. The van der Waals surface area contributed by atoms with Crippen LogP contribution in [0.3, 0.4) is 0 Å². The van der Waals surface area contributed by atoms with Gasteiger partial charge in [0.1, 0.15) is 11.0 Å². The number of aromatic amines is 2. The monoisotopic (exact) mass is 532 g/mol. The highest BCUT2D eigenvalue weighted by Crippen LogP contribution is 2.34. The minimum Gasteiger partial charge on any atom is -0.335 e. The fourth-order valence-corrected chi connectivity index (χ4v) is 5.57. The van der Waals surface area contributed by atoms with E-state index < -0.39 is 5.92 Å². The van der Waals surface area contributed by atoms with Crippen LogP contribution in [-0.2, 0) is 6.54 Å². The first-order valence-electron chi connectivity index (χ1n) is 11.9. The van der Waals surface area contributed by atoms with Crippen molar-refractivity contribution in [3.63, 3.8) is 0 Å². The lowest BCUT2D eigenvalue weighted by Crippen LogP contribution is -2.24. The summed E-state index contributed by atoms with van der Waals surface area (Å²) in [6.45, 7) is 0.519. The molecule has 12 heteroatoms. The Bertz CT molecular complexity index is 1810. The minimum atomic E-state index is -2.64. The van der Waals surface area contributed by atoms with Gasteiger partial charge in [0, 0.05) is 54.1 Å². The van der Waals surface area contributed by atoms with Crippen LogP contribution in [0, 0.1) is 5.13 Å². The molecule has 1 saturated heterocycles. The molecule has 38 heavy (non-hydrogen) atoms. The van der Waals surface area contributed by atoms with E-state index in [1.807, 2.05) is 18.2 Å². The summed E-state index contributed by atoms with van der Waals surface area (Å²) in [5.74, 6) is -2.13. The summed E-state index contributed by atoms with van der Waals surface area (Å²) in [6, 6.07) is 8.80. The Morgan fingerprint density at radius 2 is 1.87 bits per heavy atom. The molecule has 6 aromatic rings. The molecule has 6 aromatic heterocycles. The van der Waals surface area contributed by atoms with Gasteiger partial charge in [-0.1, -0.05) is 0 Å². The highest BCUT2D eigenvalue weighted by Gasteiger charge is 2.37. The molecule has 0 saturated carbocycles. The zero-order valence-corrected chi connectivity index (χ0v) is 20.6. The van der Waals surface area contributed by atoms with E-state index in [0.29, 0.717) is 46.9 Å². The van der Waals surface area contributed by atoms with E-state index in [1.54, 1.807) is 35.8 Å². The van der Waals surface area contributed by atoms with Crippen LogP contribution in [0.25, 0.3) is 55.3 Å². The fraction of sp³-hybridized carbons (Fsp3) is 0.192. The van der Waals surface area contributed by atoms with E-state index in [1.165, 1.54) is 6.07 Å². The van der Waals surface area contributed by atoms with Crippen LogP contribution in [0.5, 0.6) is 0 Å². The largest absolute Gasteiger partial charge is 0.335 e. The normalized spacial score (nSPS) is 15.7. The average Bonchev–Trinajstić information content (AvgIpc) is 3.69. The molecule has 0 radical (unpaired) electrons. The summed E-state index contributed by atoms with van der Waals surface area (Å²) in [5, 5.41) is 7.17. The Morgan fingerprint density at radius 1 is 0.974 bits per heavy atom. The molecule has 0 bridgehead atoms. The second-order valence-electron chi connectivity index (χ2n) is 9.34. The molecule has 0 unspecified atom stereocenters. The maximum atomic E-state index is 13.7. The molecule has 1 aliphatic heterocycles. The van der Waals surface area contributed by atoms with Gasteiger partial charge in [-0.05, 0) is 35.9 Å². The van der Waals surface area contributed by atoms with Gasteiger partial charge in [0.05, 0.1) is 29.5 Å². The minimum absolute atomic E-state index is 0.120. The van der Waals surface area contributed by atoms with Gasteiger partial charge in [-0.25, -0.2) is 18.7 Å². The second kappa shape index (κ2) is 8.71. The Hall–Kier alpha value is -4.16. The first-order chi connectivity index (χ1) is 18.4. The molecule has 0 spiro atoms. The molecule has 1 aliphatic rings. The van der Waals surface area contributed by atoms with Crippen molar-refractivity contribution in [2.75, 3.05) is 13.1 Å². The van der Waals surface area contributed by atoms with Gasteiger partial charge in [0.25, 0.3) is 5.92 Å². The van der Waals surface area contributed by atoms with Crippen molar-refractivity contribution in [3.8, 4) is 33.2 Å². The molecule has 1 fully saturated rings. The highest BCUT2D eigenvalue weighted by atomic mass is 32.1. The van der Waals surface area contributed by atoms with Gasteiger partial charge >= 0.3 is 0 Å². The molecule has 190 valence electrons. The molecule has 2 N–H and O–H groups in total. The van der Waals surface area contributed by atoms with Crippen LogP contribution in [0.15, 0.2) is 55.1 Å². The Kier molecular flexibility index (Phi) is 5.27. The topological polar surface area (TPSA) is 99.3 Å². The first kappa shape index (κ1) is 23.0. The summed E-state index contributed by atoms with van der Waals surface area (Å²) in [5.41, 5.74) is 6.26. The number of halogens is 3. The summed E-state index contributed by atoms with van der Waals surface area (Å²) in [7, 11) is 0. The summed E-state index contributed by atoms with van der Waals surface area (Å²) < 4.78 is 40.9. The number of pyridine rings is 3. The fourth-order valence-electron chi connectivity index (χ4n) is 4.82. The molecule has 0 atom stereocenters. The predicted molar refractivity (Wildman–Crippen MR) is 138 cm³/mol. The van der Waals surface area contributed by atoms with E-state index >= 15 is 0 Å². The van der Waals surface area contributed by atoms with E-state index in [9.17, 15) is 13.2 Å². The van der Waals surface area contributed by atoms with Gasteiger partial charge in [0.15, 0.2) is 16.6 Å². The molecular formula is C26H19F3N8S. The molecule has 8 nitrogen and oxygen atoms in total. The lowest BCUT2D eigenvalue weighted by molar-refractivity contribution is 0.0115. The SMILES string of the molecule is Fc1ccc(-c2cncc3[nH]c(-c4n[nH]c5ccc(-c6cncc(CN7CCC(F)(F)C7)c6)nc45)nc23)s1. The number of fused-ring (bicyclic) bond motifs is 2. The summed E-state index contributed by atoms with van der Waals surface area (Å²) in [6.07, 6.45) is 6.61. The number of hydrogen-bond donors (Lipinski definition) is 2. The third kappa shape index (κ3) is 4.11. The molecule has 0 amide bonds. The van der Waals surface area contributed by atoms with Crippen molar-refractivity contribution in [1.29, 1.82) is 0 Å². The maximum Gasteiger partial charge on any atom is 0.261 e. The number of likely N-dealkylation sites (tertiary alicyclic amines) is 1. The zero-order chi connectivity index (χ0) is 25.9. The zero-order valence-electron chi connectivity index (χ0n) is 19.8. The number of rotatable bonds is 5. The summed E-state index contributed by atoms with van der Waals surface area (Å²) in [4.78, 5) is 23.9. The lowest BCUT2D eigenvalue weighted by atomic mass is 10.1. The van der Waals surface area contributed by atoms with E-state index in [2.05, 4.69) is 25.1 Å². The lowest BCUT2D eigenvalue weighted by Gasteiger charge is -2.15. The van der Waals surface area contributed by atoms with Crippen LogP contribution in [0.1, 0.15) is 12.0 Å². The number of alkyl halides is 2. The quantitative estimate of drug-likeness (QED) is 0.297. The number of nitrogens with zero attached hydrogens (tertiary/aromatic N) is 6. The van der Waals surface area contributed by atoms with Crippen molar-refractivity contribution in [3.05, 3.63) is 65.8 Å². The number of aromatic nitrogens is 7. The number of hydrogen-bond acceptors (Lipinski definition) is 7. The second-order valence-corrected chi connectivity index (χ2v) is 10.4. The van der Waals surface area contributed by atoms with Gasteiger partial charge in [0.2, 0.25) is 0 Å². The average molecular weight is 533 g/mol. The van der Waals surface area contributed by atoms with Crippen LogP contribution >= 0.6 is 11.3 Å². The van der Waals surface area contributed by atoms with Crippen molar-refractivity contribution in [2.45, 2.75) is 18.9 Å². The molecular weight excluding hydrogens is 513 g/mol. The molecule has 0 aromatic carbocycles. The van der Waals surface area contributed by atoms with Crippen molar-refractivity contribution < 1.29 is 13.2 Å². The van der Waals surface area contributed by atoms with Crippen molar-refractivity contribution >= 4 is 33.4 Å². The van der Waals surface area contributed by atoms with E-state index in [0.717, 1.165) is 38.4 Å². The van der Waals surface area contributed by atoms with Crippen molar-refractivity contribution in [1.82, 2.24) is 40.0 Å². The van der Waals surface area contributed by atoms with Gasteiger partial charge in [-0.2, -0.15) is 9.49 Å². The van der Waals surface area contributed by atoms with Crippen molar-refractivity contribution in [2.24, 2.45) is 0 Å². The molecule has 7 rings (SSSR count). The van der Waals surface area contributed by atoms with Crippen LogP contribution in [-0.4, -0.2) is 59.0 Å². The Morgan fingerprint density at radius 3 is 2.68 bits per heavy atom. The Balaban J connectivity index is 1.24. The number of nitrogens with one attached hydrogen (secondary N) is 2. The molecule has 0 aliphatic carbocycles. The Labute approximate surface area is 217 Å². The smallest absolute Gasteiger partial charge is 0.261 e. The number of thiophene rings is 1. The predicted octanol–water partition coefficient (Wildman–Crippen LogP) is 5.67. The standard InChI is InChI=1S/C26H19F3N8S/c27-21-4-3-20(38-21)16-10-31-11-19-22(16)34-25(33-19)24-23-18(35-36-24)2-1-17(32-23)15-7-14(8-30-9-15)12-37-6-5-26(28,29)13-37/h1-4,7-11H,5-6,12-13H2,(H,33,34)(H,35,36). The van der Waals surface area contributed by atoms with Gasteiger partial charge < -0.3 is 4.98 Å². The summed E-state index contributed by atoms with van der Waals surface area (Å²) >= 11 is 1.03. The highest BCUT2D eigenvalue weighted by molar-refractivity contribution is 7.14.